The minimum atomic E-state index is -1.14. The van der Waals surface area contributed by atoms with E-state index in [4.69, 9.17) is 9.47 Å². The van der Waals surface area contributed by atoms with Gasteiger partial charge in [-0.1, -0.05) is 78.9 Å². The number of rotatable bonds is 11. The number of likely N-dealkylation sites (N-methyl/N-ethyl adjacent to an activating group) is 1. The molecule has 0 spiro atoms. The quantitative estimate of drug-likeness (QED) is 0.391. The van der Waals surface area contributed by atoms with E-state index in [0.29, 0.717) is 0 Å². The zero-order chi connectivity index (χ0) is 27.1. The van der Waals surface area contributed by atoms with Crippen molar-refractivity contribution >= 4 is 18.0 Å². The maximum Gasteiger partial charge on any atom is 0.407 e. The molecular formula is C30H32N2O6. The lowest BCUT2D eigenvalue weighted by molar-refractivity contribution is -0.147. The van der Waals surface area contributed by atoms with Crippen molar-refractivity contribution in [3.63, 3.8) is 0 Å². The van der Waals surface area contributed by atoms with Crippen LogP contribution in [0.25, 0.3) is 11.1 Å². The van der Waals surface area contributed by atoms with Gasteiger partial charge in [0.15, 0.2) is 0 Å². The lowest BCUT2D eigenvalue weighted by Gasteiger charge is -2.29. The number of fused-ring (bicyclic) bond motifs is 3. The van der Waals surface area contributed by atoms with Gasteiger partial charge in [0.2, 0.25) is 5.91 Å². The molecular weight excluding hydrogens is 484 g/mol. The van der Waals surface area contributed by atoms with Gasteiger partial charge in [0.1, 0.15) is 19.2 Å². The number of benzene rings is 3. The van der Waals surface area contributed by atoms with E-state index in [-0.39, 0.29) is 25.7 Å². The van der Waals surface area contributed by atoms with Crippen LogP contribution in [-0.2, 0) is 25.7 Å². The maximum absolute atomic E-state index is 13.3. The van der Waals surface area contributed by atoms with Gasteiger partial charge in [0, 0.05) is 12.5 Å². The minimum Gasteiger partial charge on any atom is -0.480 e. The fraction of sp³-hybridized carbons (Fsp3) is 0.300. The smallest absolute Gasteiger partial charge is 0.407 e. The molecule has 38 heavy (non-hydrogen) atoms. The Hall–Kier alpha value is -4.17. The van der Waals surface area contributed by atoms with E-state index >= 15 is 0 Å². The molecule has 0 saturated heterocycles. The monoisotopic (exact) mass is 516 g/mol. The highest BCUT2D eigenvalue weighted by atomic mass is 16.5. The van der Waals surface area contributed by atoms with Crippen molar-refractivity contribution in [2.75, 3.05) is 19.7 Å². The summed E-state index contributed by atoms with van der Waals surface area (Å²) >= 11 is 0. The molecule has 198 valence electrons. The molecule has 4 rings (SSSR count). The summed E-state index contributed by atoms with van der Waals surface area (Å²) in [5.41, 5.74) is 5.28. The number of nitrogens with one attached hydrogen (secondary N) is 1. The summed E-state index contributed by atoms with van der Waals surface area (Å²) in [6.07, 6.45) is -1.52. The highest BCUT2D eigenvalue weighted by Gasteiger charge is 2.34. The largest absolute Gasteiger partial charge is 0.480 e. The second-order valence-corrected chi connectivity index (χ2v) is 9.20. The first-order valence-corrected chi connectivity index (χ1v) is 12.7. The molecule has 8 nitrogen and oxygen atoms in total. The Morgan fingerprint density at radius 2 is 1.50 bits per heavy atom. The van der Waals surface area contributed by atoms with Gasteiger partial charge in [0.05, 0.1) is 12.7 Å². The SMILES string of the molecule is CCN(CC(=O)O)C(=O)C(NC(=O)OCC1c2ccccc2-c2ccccc21)C(C)OCc1ccccc1. The van der Waals surface area contributed by atoms with Gasteiger partial charge in [-0.15, -0.1) is 0 Å². The highest BCUT2D eigenvalue weighted by Crippen LogP contribution is 2.44. The fourth-order valence-electron chi connectivity index (χ4n) is 4.75. The summed E-state index contributed by atoms with van der Waals surface area (Å²) in [6.45, 7) is 3.35. The molecule has 3 aromatic rings. The average molecular weight is 517 g/mol. The summed E-state index contributed by atoms with van der Waals surface area (Å²) < 4.78 is 11.6. The second-order valence-electron chi connectivity index (χ2n) is 9.20. The number of carboxylic acid groups (broad SMARTS) is 1. The van der Waals surface area contributed by atoms with E-state index < -0.39 is 36.7 Å². The molecule has 0 saturated carbocycles. The van der Waals surface area contributed by atoms with Gasteiger partial charge in [-0.3, -0.25) is 9.59 Å². The molecule has 1 aliphatic carbocycles. The number of ether oxygens (including phenoxy) is 2. The number of hydrogen-bond acceptors (Lipinski definition) is 5. The number of nitrogens with zero attached hydrogens (tertiary/aromatic N) is 1. The molecule has 2 N–H and O–H groups in total. The van der Waals surface area contributed by atoms with E-state index in [1.54, 1.807) is 13.8 Å². The Kier molecular flexibility index (Phi) is 8.76. The molecule has 3 aromatic carbocycles. The van der Waals surface area contributed by atoms with Crippen LogP contribution in [0.2, 0.25) is 0 Å². The van der Waals surface area contributed by atoms with Crippen molar-refractivity contribution in [3.05, 3.63) is 95.6 Å². The van der Waals surface area contributed by atoms with Crippen LogP contribution in [0.1, 0.15) is 36.5 Å². The number of carboxylic acids is 1. The topological polar surface area (TPSA) is 105 Å². The van der Waals surface area contributed by atoms with Gasteiger partial charge in [-0.05, 0) is 41.7 Å². The molecule has 0 aromatic heterocycles. The van der Waals surface area contributed by atoms with Crippen molar-refractivity contribution in [1.82, 2.24) is 10.2 Å². The fourth-order valence-corrected chi connectivity index (χ4v) is 4.75. The minimum absolute atomic E-state index is 0.0899. The van der Waals surface area contributed by atoms with Crippen LogP contribution in [0, 0.1) is 0 Å². The standard InChI is InChI=1S/C30H32N2O6/c1-3-32(17-27(33)34)29(35)28(20(2)37-18-21-11-5-4-6-12-21)31-30(36)38-19-26-24-15-9-7-13-22(24)23-14-8-10-16-25(23)26/h4-16,20,26,28H,3,17-19H2,1-2H3,(H,31,36)(H,33,34). The molecule has 0 aliphatic heterocycles. The molecule has 0 heterocycles. The van der Waals surface area contributed by atoms with Crippen LogP contribution in [0.3, 0.4) is 0 Å². The number of hydrogen-bond donors (Lipinski definition) is 2. The van der Waals surface area contributed by atoms with Crippen molar-refractivity contribution in [2.24, 2.45) is 0 Å². The molecule has 1 aliphatic rings. The van der Waals surface area contributed by atoms with E-state index in [0.717, 1.165) is 27.8 Å². The normalized spacial score (nSPS) is 13.6. The zero-order valence-corrected chi connectivity index (χ0v) is 21.5. The van der Waals surface area contributed by atoms with Crippen LogP contribution >= 0.6 is 0 Å². The number of carbonyl (C=O) groups excluding carboxylic acids is 2. The highest BCUT2D eigenvalue weighted by molar-refractivity contribution is 5.88. The van der Waals surface area contributed by atoms with Crippen molar-refractivity contribution in [3.8, 4) is 11.1 Å². The van der Waals surface area contributed by atoms with Gasteiger partial charge < -0.3 is 24.8 Å². The van der Waals surface area contributed by atoms with Crippen LogP contribution in [-0.4, -0.2) is 59.8 Å². The van der Waals surface area contributed by atoms with Gasteiger partial charge in [-0.25, -0.2) is 4.79 Å². The third kappa shape index (κ3) is 6.20. The first-order chi connectivity index (χ1) is 18.4. The number of aliphatic carboxylic acids is 1. The van der Waals surface area contributed by atoms with Gasteiger partial charge >= 0.3 is 12.1 Å². The predicted octanol–water partition coefficient (Wildman–Crippen LogP) is 4.43. The molecule has 0 radical (unpaired) electrons. The van der Waals surface area contributed by atoms with Crippen molar-refractivity contribution < 1.29 is 29.0 Å². The third-order valence-electron chi connectivity index (χ3n) is 6.73. The lowest BCUT2D eigenvalue weighted by Crippen LogP contribution is -2.55. The molecule has 2 amide bonds. The van der Waals surface area contributed by atoms with Crippen molar-refractivity contribution in [2.45, 2.75) is 38.5 Å². The van der Waals surface area contributed by atoms with Crippen LogP contribution in [0.15, 0.2) is 78.9 Å². The Labute approximate surface area is 222 Å². The molecule has 0 bridgehead atoms. The Bertz CT molecular complexity index is 1230. The summed E-state index contributed by atoms with van der Waals surface area (Å²) in [5, 5.41) is 11.9. The van der Waals surface area contributed by atoms with Crippen molar-refractivity contribution in [1.29, 1.82) is 0 Å². The maximum atomic E-state index is 13.3. The van der Waals surface area contributed by atoms with E-state index in [1.807, 2.05) is 66.7 Å². The first-order valence-electron chi connectivity index (χ1n) is 12.7. The molecule has 2 atom stereocenters. The molecule has 2 unspecified atom stereocenters. The summed E-state index contributed by atoms with van der Waals surface area (Å²) in [7, 11) is 0. The van der Waals surface area contributed by atoms with Crippen LogP contribution in [0.4, 0.5) is 4.79 Å². The summed E-state index contributed by atoms with van der Waals surface area (Å²) in [6, 6.07) is 24.3. The summed E-state index contributed by atoms with van der Waals surface area (Å²) in [5.74, 6) is -1.82. The Balaban J connectivity index is 1.46. The van der Waals surface area contributed by atoms with Crippen LogP contribution < -0.4 is 5.32 Å². The first kappa shape index (κ1) is 26.9. The average Bonchev–Trinajstić information content (AvgIpc) is 3.26. The Morgan fingerprint density at radius 3 is 2.08 bits per heavy atom. The summed E-state index contributed by atoms with van der Waals surface area (Å²) in [4.78, 5) is 38.8. The second kappa shape index (κ2) is 12.4. The third-order valence-corrected chi connectivity index (χ3v) is 6.73. The van der Waals surface area contributed by atoms with Gasteiger partial charge in [-0.2, -0.15) is 0 Å². The number of carbonyl (C=O) groups is 3. The van der Waals surface area contributed by atoms with E-state index in [2.05, 4.69) is 17.4 Å². The predicted molar refractivity (Wildman–Crippen MR) is 143 cm³/mol. The molecule has 8 heteroatoms. The lowest BCUT2D eigenvalue weighted by atomic mass is 9.98. The number of amides is 2. The Morgan fingerprint density at radius 1 is 0.921 bits per heavy atom. The van der Waals surface area contributed by atoms with Crippen LogP contribution in [0.5, 0.6) is 0 Å². The van der Waals surface area contributed by atoms with Gasteiger partial charge in [0.25, 0.3) is 0 Å². The zero-order valence-electron chi connectivity index (χ0n) is 21.5. The van der Waals surface area contributed by atoms with E-state index in [1.165, 1.54) is 4.90 Å². The van der Waals surface area contributed by atoms with E-state index in [9.17, 15) is 19.5 Å². The number of alkyl carbamates (subject to hydrolysis) is 1. The molecule has 0 fully saturated rings.